The number of nitrogens with two attached hydrogens (primary N) is 1. The van der Waals surface area contributed by atoms with Gasteiger partial charge in [-0.05, 0) is 66.1 Å². The standard InChI is InChI=1S/C27H27F3N4O4/c1-13-6-14(7-20(31)25(13)35)16-4-5-32-10-22(16)34-26(36)21-3-2-17(28)24(33-21)23-18(29)8-15(9-19(23)30)27(37)11-38-12-27/h2-5,8-10,13-14,20,25,35,37H,6-7,11-12,31H2,1H3,(H,34,36)/t13-,14+,20+,25-/m0/s1. The van der Waals surface area contributed by atoms with E-state index in [4.69, 9.17) is 10.5 Å². The van der Waals surface area contributed by atoms with Crippen molar-refractivity contribution in [2.75, 3.05) is 18.5 Å². The lowest BCUT2D eigenvalue weighted by Gasteiger charge is -2.36. The van der Waals surface area contributed by atoms with Crippen LogP contribution in [0.2, 0.25) is 0 Å². The molecule has 1 saturated heterocycles. The van der Waals surface area contributed by atoms with Gasteiger partial charge in [-0.15, -0.1) is 0 Å². The van der Waals surface area contributed by atoms with Gasteiger partial charge in [0.05, 0.1) is 36.8 Å². The van der Waals surface area contributed by atoms with E-state index in [1.165, 1.54) is 6.20 Å². The average molecular weight is 529 g/mol. The molecule has 2 aliphatic rings. The zero-order valence-electron chi connectivity index (χ0n) is 20.5. The van der Waals surface area contributed by atoms with Crippen LogP contribution < -0.4 is 11.1 Å². The van der Waals surface area contributed by atoms with Crippen LogP contribution in [0.3, 0.4) is 0 Å². The van der Waals surface area contributed by atoms with Crippen molar-refractivity contribution in [3.63, 3.8) is 0 Å². The number of aliphatic hydroxyl groups excluding tert-OH is 1. The number of rotatable bonds is 5. The van der Waals surface area contributed by atoms with Gasteiger partial charge < -0.3 is 26.0 Å². The Kier molecular flexibility index (Phi) is 6.95. The molecule has 38 heavy (non-hydrogen) atoms. The molecular weight excluding hydrogens is 501 g/mol. The molecule has 2 fully saturated rings. The number of amides is 1. The smallest absolute Gasteiger partial charge is 0.274 e. The number of hydrogen-bond acceptors (Lipinski definition) is 7. The Bertz CT molecular complexity index is 1350. The van der Waals surface area contributed by atoms with Crippen molar-refractivity contribution >= 4 is 11.6 Å². The van der Waals surface area contributed by atoms with E-state index in [2.05, 4.69) is 15.3 Å². The summed E-state index contributed by atoms with van der Waals surface area (Å²) in [4.78, 5) is 21.1. The first-order valence-electron chi connectivity index (χ1n) is 12.2. The predicted octanol–water partition coefficient (Wildman–Crippen LogP) is 3.23. The number of ether oxygens (including phenoxy) is 1. The van der Waals surface area contributed by atoms with Crippen molar-refractivity contribution in [2.45, 2.75) is 43.4 Å². The van der Waals surface area contributed by atoms with Gasteiger partial charge in [-0.25, -0.2) is 18.2 Å². The largest absolute Gasteiger partial charge is 0.391 e. The fourth-order valence-corrected chi connectivity index (χ4v) is 5.15. The molecule has 0 spiro atoms. The lowest BCUT2D eigenvalue weighted by molar-refractivity contribution is -0.184. The Morgan fingerprint density at radius 3 is 2.47 bits per heavy atom. The zero-order chi connectivity index (χ0) is 27.2. The van der Waals surface area contributed by atoms with Crippen LogP contribution in [-0.4, -0.2) is 51.4 Å². The number of carbonyl (C=O) groups excluding carboxylic acids is 1. The second-order valence-electron chi connectivity index (χ2n) is 10.1. The number of halogens is 3. The lowest BCUT2D eigenvalue weighted by Crippen LogP contribution is -2.46. The number of nitrogens with zero attached hydrogens (tertiary/aromatic N) is 2. The van der Waals surface area contributed by atoms with E-state index in [1.807, 2.05) is 6.92 Å². The van der Waals surface area contributed by atoms with Crippen LogP contribution >= 0.6 is 0 Å². The SMILES string of the molecule is C[C@H]1C[C@@H](c2ccncc2NC(=O)c2ccc(F)c(-c3c(F)cc(C4(O)COC4)cc3F)n2)C[C@@H](N)[C@H]1O. The first-order chi connectivity index (χ1) is 18.1. The number of hydrogen-bond donors (Lipinski definition) is 4. The third-order valence-corrected chi connectivity index (χ3v) is 7.35. The highest BCUT2D eigenvalue weighted by Gasteiger charge is 2.39. The number of carbonyl (C=O) groups is 1. The molecule has 4 atom stereocenters. The molecule has 0 radical (unpaired) electrons. The van der Waals surface area contributed by atoms with Gasteiger partial charge >= 0.3 is 0 Å². The lowest BCUT2D eigenvalue weighted by atomic mass is 9.74. The summed E-state index contributed by atoms with van der Waals surface area (Å²) in [6, 6.07) is 5.17. The van der Waals surface area contributed by atoms with Crippen LogP contribution in [0.1, 0.15) is 47.3 Å². The highest BCUT2D eigenvalue weighted by molar-refractivity contribution is 6.03. The minimum Gasteiger partial charge on any atom is -0.391 e. The van der Waals surface area contributed by atoms with E-state index in [0.717, 1.165) is 29.8 Å². The second kappa shape index (κ2) is 10.1. The molecule has 3 heterocycles. The number of benzene rings is 1. The van der Waals surface area contributed by atoms with Crippen molar-refractivity contribution in [3.05, 3.63) is 77.0 Å². The Labute approximate surface area is 216 Å². The molecule has 0 bridgehead atoms. The third kappa shape index (κ3) is 4.78. The first-order valence-corrected chi connectivity index (χ1v) is 12.2. The topological polar surface area (TPSA) is 131 Å². The molecule has 3 aromatic rings. The second-order valence-corrected chi connectivity index (χ2v) is 10.1. The van der Waals surface area contributed by atoms with Crippen LogP contribution in [0.15, 0.2) is 42.7 Å². The summed E-state index contributed by atoms with van der Waals surface area (Å²) in [5.74, 6) is -4.12. The normalized spacial score (nSPS) is 24.5. The molecule has 0 unspecified atom stereocenters. The Hall–Kier alpha value is -3.38. The van der Waals surface area contributed by atoms with Crippen molar-refractivity contribution < 1.29 is 32.9 Å². The molecule has 11 heteroatoms. The molecule has 5 rings (SSSR count). The van der Waals surface area contributed by atoms with Gasteiger partial charge in [0.15, 0.2) is 0 Å². The van der Waals surface area contributed by atoms with Gasteiger partial charge in [0.2, 0.25) is 0 Å². The van der Waals surface area contributed by atoms with E-state index >= 15 is 0 Å². The highest BCUT2D eigenvalue weighted by atomic mass is 19.1. The summed E-state index contributed by atoms with van der Waals surface area (Å²) >= 11 is 0. The Morgan fingerprint density at radius 1 is 1.13 bits per heavy atom. The minimum atomic E-state index is -1.52. The molecule has 5 N–H and O–H groups in total. The van der Waals surface area contributed by atoms with E-state index < -0.39 is 52.4 Å². The summed E-state index contributed by atoms with van der Waals surface area (Å²) < 4.78 is 49.5. The number of anilines is 1. The number of nitrogens with one attached hydrogen (secondary N) is 1. The Morgan fingerprint density at radius 2 is 1.84 bits per heavy atom. The molecule has 1 aliphatic carbocycles. The van der Waals surface area contributed by atoms with E-state index in [1.54, 1.807) is 12.3 Å². The highest BCUT2D eigenvalue weighted by Crippen LogP contribution is 2.39. The quantitative estimate of drug-likeness (QED) is 0.400. The maximum Gasteiger partial charge on any atom is 0.274 e. The van der Waals surface area contributed by atoms with Gasteiger partial charge in [-0.1, -0.05) is 6.92 Å². The maximum atomic E-state index is 15.0. The van der Waals surface area contributed by atoms with Crippen LogP contribution in [0.4, 0.5) is 18.9 Å². The number of pyridine rings is 2. The van der Waals surface area contributed by atoms with E-state index in [-0.39, 0.29) is 36.3 Å². The summed E-state index contributed by atoms with van der Waals surface area (Å²) in [6.07, 6.45) is 3.59. The van der Waals surface area contributed by atoms with Crippen LogP contribution in [-0.2, 0) is 10.3 Å². The third-order valence-electron chi connectivity index (χ3n) is 7.35. The van der Waals surface area contributed by atoms with E-state index in [0.29, 0.717) is 18.5 Å². The summed E-state index contributed by atoms with van der Waals surface area (Å²) in [5, 5.41) is 23.3. The minimum absolute atomic E-state index is 0.0369. The van der Waals surface area contributed by atoms with Crippen molar-refractivity contribution in [2.24, 2.45) is 11.7 Å². The molecule has 1 aliphatic heterocycles. The summed E-state index contributed by atoms with van der Waals surface area (Å²) in [5.41, 5.74) is 4.02. The Balaban J connectivity index is 1.43. The van der Waals surface area contributed by atoms with Gasteiger partial charge in [-0.2, -0.15) is 0 Å². The average Bonchev–Trinajstić information content (AvgIpc) is 2.86. The van der Waals surface area contributed by atoms with Crippen molar-refractivity contribution in [1.29, 1.82) is 0 Å². The van der Waals surface area contributed by atoms with Gasteiger partial charge in [0, 0.05) is 12.2 Å². The monoisotopic (exact) mass is 528 g/mol. The van der Waals surface area contributed by atoms with Gasteiger partial charge in [0.1, 0.15) is 34.4 Å². The molecule has 1 saturated carbocycles. The predicted molar refractivity (Wildman–Crippen MR) is 132 cm³/mol. The molecule has 1 aromatic carbocycles. The van der Waals surface area contributed by atoms with Crippen LogP contribution in [0.25, 0.3) is 11.3 Å². The number of aromatic nitrogens is 2. The van der Waals surface area contributed by atoms with Crippen LogP contribution in [0, 0.1) is 23.4 Å². The molecular formula is C27H27F3N4O4. The van der Waals surface area contributed by atoms with Crippen molar-refractivity contribution in [1.82, 2.24) is 9.97 Å². The van der Waals surface area contributed by atoms with E-state index in [9.17, 15) is 28.2 Å². The first kappa shape index (κ1) is 26.2. The van der Waals surface area contributed by atoms with Gasteiger partial charge in [-0.3, -0.25) is 9.78 Å². The number of aliphatic hydroxyl groups is 2. The molecule has 8 nitrogen and oxygen atoms in total. The summed E-state index contributed by atoms with van der Waals surface area (Å²) in [6.45, 7) is 1.68. The van der Waals surface area contributed by atoms with Crippen molar-refractivity contribution in [3.8, 4) is 11.3 Å². The molecule has 1 amide bonds. The molecule has 200 valence electrons. The molecule has 2 aromatic heterocycles. The van der Waals surface area contributed by atoms with Gasteiger partial charge in [0.25, 0.3) is 5.91 Å². The van der Waals surface area contributed by atoms with Crippen LogP contribution in [0.5, 0.6) is 0 Å². The fourth-order valence-electron chi connectivity index (χ4n) is 5.15. The fraction of sp³-hybridized carbons (Fsp3) is 0.370. The zero-order valence-corrected chi connectivity index (χ0v) is 20.5. The maximum absolute atomic E-state index is 15.0. The summed E-state index contributed by atoms with van der Waals surface area (Å²) in [7, 11) is 0.